The lowest BCUT2D eigenvalue weighted by Gasteiger charge is -2.42. The molecule has 1 atom stereocenters. The second-order valence-electron chi connectivity index (χ2n) is 10.4. The lowest BCUT2D eigenvalue weighted by molar-refractivity contribution is -0.140. The van der Waals surface area contributed by atoms with Gasteiger partial charge in [0.25, 0.3) is 0 Å². The molecule has 3 aromatic rings. The molecule has 6 heteroatoms. The number of carbonyl (C=O) groups is 2. The molecule has 168 valence electrons. The van der Waals surface area contributed by atoms with Crippen molar-refractivity contribution in [2.45, 2.75) is 37.4 Å². The maximum atomic E-state index is 13.2. The first-order valence-electron chi connectivity index (χ1n) is 12.1. The van der Waals surface area contributed by atoms with Crippen LogP contribution in [0.2, 0.25) is 0 Å². The molecule has 0 bridgehead atoms. The molecule has 3 heterocycles. The fraction of sp³-hybridized carbons (Fsp3) is 0.407. The molecule has 1 aromatic heterocycles. The second-order valence-corrected chi connectivity index (χ2v) is 10.4. The van der Waals surface area contributed by atoms with Crippen molar-refractivity contribution in [3.8, 4) is 11.1 Å². The Labute approximate surface area is 192 Å². The summed E-state index contributed by atoms with van der Waals surface area (Å²) >= 11 is 0. The Morgan fingerprint density at radius 1 is 1.00 bits per heavy atom. The van der Waals surface area contributed by atoms with Crippen LogP contribution in [0, 0.1) is 11.8 Å². The highest BCUT2D eigenvalue weighted by Crippen LogP contribution is 2.46. The number of benzene rings is 2. The molecule has 2 aliphatic heterocycles. The third-order valence-corrected chi connectivity index (χ3v) is 7.91. The first-order chi connectivity index (χ1) is 16.1. The van der Waals surface area contributed by atoms with Gasteiger partial charge in [-0.2, -0.15) is 0 Å². The number of aromatic amines is 1. The molecule has 2 saturated heterocycles. The molecule has 2 saturated carbocycles. The molecule has 1 spiro atoms. The van der Waals surface area contributed by atoms with Crippen LogP contribution in [0.4, 0.5) is 0 Å². The van der Waals surface area contributed by atoms with Gasteiger partial charge in [0, 0.05) is 43.2 Å². The van der Waals surface area contributed by atoms with Gasteiger partial charge in [-0.05, 0) is 59.9 Å². The van der Waals surface area contributed by atoms with Crippen molar-refractivity contribution in [2.75, 3.05) is 19.6 Å². The summed E-state index contributed by atoms with van der Waals surface area (Å²) in [4.78, 5) is 32.8. The normalized spacial score (nSPS) is 24.0. The zero-order valence-electron chi connectivity index (χ0n) is 18.6. The van der Waals surface area contributed by atoms with Crippen molar-refractivity contribution < 1.29 is 9.59 Å². The average molecular weight is 441 g/mol. The van der Waals surface area contributed by atoms with E-state index in [9.17, 15) is 9.59 Å². The van der Waals surface area contributed by atoms with Gasteiger partial charge in [0.2, 0.25) is 11.8 Å². The van der Waals surface area contributed by atoms with E-state index in [-0.39, 0.29) is 23.5 Å². The summed E-state index contributed by atoms with van der Waals surface area (Å²) in [6, 6.07) is 17.2. The summed E-state index contributed by atoms with van der Waals surface area (Å²) in [6.07, 6.45) is 5.81. The maximum absolute atomic E-state index is 13.2. The predicted octanol–water partition coefficient (Wildman–Crippen LogP) is 3.67. The Bertz CT molecular complexity index is 1250. The van der Waals surface area contributed by atoms with Gasteiger partial charge in [0.05, 0.1) is 0 Å². The molecule has 7 rings (SSSR count). The monoisotopic (exact) mass is 440 g/mol. The molecule has 2 aliphatic carbocycles. The molecule has 2 aromatic carbocycles. The van der Waals surface area contributed by atoms with Gasteiger partial charge in [0.15, 0.2) is 0 Å². The highest BCUT2D eigenvalue weighted by atomic mass is 16.2. The Morgan fingerprint density at radius 2 is 1.76 bits per heavy atom. The number of nitrogens with zero attached hydrogens (tertiary/aromatic N) is 2. The largest absolute Gasteiger partial charge is 0.361 e. The number of hydrogen-bond acceptors (Lipinski definition) is 3. The molecular weight excluding hydrogens is 412 g/mol. The van der Waals surface area contributed by atoms with E-state index in [1.165, 1.54) is 16.5 Å². The molecular formula is C27H28N4O2. The number of hydrogen-bond donors (Lipinski definition) is 2. The van der Waals surface area contributed by atoms with Crippen molar-refractivity contribution in [2.24, 2.45) is 11.8 Å². The number of rotatable bonds is 5. The van der Waals surface area contributed by atoms with Gasteiger partial charge in [-0.3, -0.25) is 14.9 Å². The van der Waals surface area contributed by atoms with Crippen LogP contribution in [0.15, 0.2) is 54.7 Å². The Balaban J connectivity index is 1.09. The van der Waals surface area contributed by atoms with Crippen molar-refractivity contribution in [3.63, 3.8) is 0 Å². The van der Waals surface area contributed by atoms with E-state index in [2.05, 4.69) is 58.8 Å². The Hall–Kier alpha value is -3.12. The predicted molar refractivity (Wildman–Crippen MR) is 126 cm³/mol. The smallest absolute Gasteiger partial charge is 0.244 e. The average Bonchev–Trinajstić information content (AvgIpc) is 3.72. The number of fused-ring (bicyclic) bond motifs is 1. The van der Waals surface area contributed by atoms with Crippen molar-refractivity contribution >= 4 is 22.7 Å². The zero-order valence-corrected chi connectivity index (χ0v) is 18.6. The molecule has 0 radical (unpaired) electrons. The lowest BCUT2D eigenvalue weighted by atomic mass is 9.97. The van der Waals surface area contributed by atoms with E-state index in [1.54, 1.807) is 0 Å². The lowest BCUT2D eigenvalue weighted by Crippen LogP contribution is -2.55. The summed E-state index contributed by atoms with van der Waals surface area (Å²) in [6.45, 7) is 2.30. The SMILES string of the molecule is O=C(C1CC1)N1CC(CN2C(=O)C3(CC3)NC2c2ccc(-c3ccc4cc[nH]c4c3)cc2)C1. The van der Waals surface area contributed by atoms with Crippen LogP contribution in [-0.4, -0.2) is 51.8 Å². The van der Waals surface area contributed by atoms with Crippen molar-refractivity contribution in [3.05, 3.63) is 60.3 Å². The summed E-state index contributed by atoms with van der Waals surface area (Å²) in [5.41, 5.74) is 4.26. The van der Waals surface area contributed by atoms with E-state index in [0.29, 0.717) is 11.8 Å². The third-order valence-electron chi connectivity index (χ3n) is 7.91. The van der Waals surface area contributed by atoms with Crippen molar-refractivity contribution in [1.82, 2.24) is 20.1 Å². The topological polar surface area (TPSA) is 68.4 Å². The standard InChI is InChI=1S/C27H28N4O2/c32-25(21-6-7-21)30-14-17(15-30)16-31-24(29-27(10-11-27)26(31)33)20-4-1-18(2-5-20)22-8-3-19-9-12-28-23(19)13-22/h1-5,8-9,12-13,17,21,24,28-29H,6-7,10-11,14-16H2. The molecule has 1 unspecified atom stereocenters. The molecule has 2 N–H and O–H groups in total. The van der Waals surface area contributed by atoms with Gasteiger partial charge in [-0.15, -0.1) is 0 Å². The van der Waals surface area contributed by atoms with Gasteiger partial charge >= 0.3 is 0 Å². The minimum absolute atomic E-state index is 0.0897. The van der Waals surface area contributed by atoms with E-state index < -0.39 is 0 Å². The summed E-state index contributed by atoms with van der Waals surface area (Å²) in [5, 5.41) is 4.85. The van der Waals surface area contributed by atoms with Crippen LogP contribution >= 0.6 is 0 Å². The third kappa shape index (κ3) is 3.19. The fourth-order valence-electron chi connectivity index (χ4n) is 5.55. The van der Waals surface area contributed by atoms with E-state index in [1.807, 2.05) is 16.0 Å². The number of amides is 2. The quantitative estimate of drug-likeness (QED) is 0.636. The van der Waals surface area contributed by atoms with E-state index in [0.717, 1.165) is 56.4 Å². The number of likely N-dealkylation sites (tertiary alicyclic amines) is 1. The number of nitrogens with one attached hydrogen (secondary N) is 2. The molecule has 6 nitrogen and oxygen atoms in total. The molecule has 4 fully saturated rings. The van der Waals surface area contributed by atoms with Gasteiger partial charge in [-0.1, -0.05) is 36.4 Å². The number of H-pyrrole nitrogens is 1. The number of aromatic nitrogens is 1. The minimum Gasteiger partial charge on any atom is -0.361 e. The minimum atomic E-state index is -0.352. The van der Waals surface area contributed by atoms with E-state index in [4.69, 9.17) is 0 Å². The van der Waals surface area contributed by atoms with Crippen LogP contribution in [0.25, 0.3) is 22.0 Å². The second kappa shape index (κ2) is 6.94. The zero-order chi connectivity index (χ0) is 22.2. The number of carbonyl (C=O) groups excluding carboxylic acids is 2. The van der Waals surface area contributed by atoms with Crippen molar-refractivity contribution in [1.29, 1.82) is 0 Å². The van der Waals surface area contributed by atoms with Crippen LogP contribution in [0.3, 0.4) is 0 Å². The first-order valence-corrected chi connectivity index (χ1v) is 12.1. The van der Waals surface area contributed by atoms with Gasteiger partial charge < -0.3 is 14.8 Å². The maximum Gasteiger partial charge on any atom is 0.244 e. The highest BCUT2D eigenvalue weighted by molar-refractivity contribution is 5.92. The fourth-order valence-corrected chi connectivity index (χ4v) is 5.55. The summed E-state index contributed by atoms with van der Waals surface area (Å²) in [5.74, 6) is 1.21. The molecule has 33 heavy (non-hydrogen) atoms. The Morgan fingerprint density at radius 3 is 2.48 bits per heavy atom. The first kappa shape index (κ1) is 19.4. The van der Waals surface area contributed by atoms with E-state index >= 15 is 0 Å². The van der Waals surface area contributed by atoms with Crippen LogP contribution in [0.5, 0.6) is 0 Å². The summed E-state index contributed by atoms with van der Waals surface area (Å²) < 4.78 is 0. The highest BCUT2D eigenvalue weighted by Gasteiger charge is 2.59. The van der Waals surface area contributed by atoms with Crippen LogP contribution in [-0.2, 0) is 9.59 Å². The molecule has 2 amide bonds. The summed E-state index contributed by atoms with van der Waals surface area (Å²) in [7, 11) is 0. The van der Waals surface area contributed by atoms with Gasteiger partial charge in [0.1, 0.15) is 11.7 Å². The van der Waals surface area contributed by atoms with Crippen LogP contribution < -0.4 is 5.32 Å². The van der Waals surface area contributed by atoms with Crippen LogP contribution in [0.1, 0.15) is 37.4 Å². The Kier molecular flexibility index (Phi) is 4.07. The van der Waals surface area contributed by atoms with Gasteiger partial charge in [-0.25, -0.2) is 0 Å². The molecule has 4 aliphatic rings.